The lowest BCUT2D eigenvalue weighted by Gasteiger charge is -2.36. The third-order valence-electron chi connectivity index (χ3n) is 10.3. The number of nitriles is 1. The Morgan fingerprint density at radius 1 is 1.04 bits per heavy atom. The molecular weight excluding hydrogens is 633 g/mol. The van der Waals surface area contributed by atoms with Crippen molar-refractivity contribution in [3.63, 3.8) is 0 Å². The number of halogens is 1. The molecule has 1 amide bonds. The van der Waals surface area contributed by atoms with Gasteiger partial charge in [-0.1, -0.05) is 26.0 Å². The molecule has 0 spiro atoms. The van der Waals surface area contributed by atoms with E-state index in [4.69, 9.17) is 9.47 Å². The Morgan fingerprint density at radius 2 is 1.74 bits per heavy atom. The molecule has 50 heavy (non-hydrogen) atoms. The van der Waals surface area contributed by atoms with Gasteiger partial charge in [0.25, 0.3) is 11.5 Å². The number of allylic oxidation sites excluding steroid dienone is 1. The number of fused-ring (bicyclic) bond motifs is 1. The van der Waals surface area contributed by atoms with E-state index in [1.165, 1.54) is 11.6 Å². The van der Waals surface area contributed by atoms with E-state index in [9.17, 15) is 19.2 Å². The summed E-state index contributed by atoms with van der Waals surface area (Å²) in [5, 5.41) is 9.75. The number of ether oxygens (including phenoxy) is 2. The fourth-order valence-corrected chi connectivity index (χ4v) is 7.17. The summed E-state index contributed by atoms with van der Waals surface area (Å²) in [5.74, 6) is 1.15. The Balaban J connectivity index is 1.33. The Morgan fingerprint density at radius 3 is 2.38 bits per heavy atom. The molecule has 2 aromatic carbocycles. The molecule has 9 nitrogen and oxygen atoms in total. The minimum absolute atomic E-state index is 0.00338. The van der Waals surface area contributed by atoms with Gasteiger partial charge < -0.3 is 23.8 Å². The van der Waals surface area contributed by atoms with Crippen LogP contribution in [0.3, 0.4) is 0 Å². The molecule has 0 saturated carbocycles. The number of hydrogen-bond acceptors (Lipinski definition) is 7. The zero-order valence-electron chi connectivity index (χ0n) is 30.7. The third-order valence-corrected chi connectivity index (χ3v) is 10.3. The van der Waals surface area contributed by atoms with Crippen LogP contribution in [0.25, 0.3) is 11.1 Å². The van der Waals surface area contributed by atoms with Gasteiger partial charge in [0.2, 0.25) is 0 Å². The van der Waals surface area contributed by atoms with Crippen LogP contribution in [0, 0.1) is 30.6 Å². The largest absolute Gasteiger partial charge is 0.496 e. The third kappa shape index (κ3) is 7.43. The van der Waals surface area contributed by atoms with Crippen molar-refractivity contribution in [2.75, 3.05) is 58.5 Å². The van der Waals surface area contributed by atoms with Gasteiger partial charge >= 0.3 is 0 Å². The maximum absolute atomic E-state index is 13.5. The first-order valence-electron chi connectivity index (χ1n) is 17.3. The van der Waals surface area contributed by atoms with Crippen molar-refractivity contribution in [1.82, 2.24) is 14.4 Å². The summed E-state index contributed by atoms with van der Waals surface area (Å²) in [6.45, 7) is 13.2. The second kappa shape index (κ2) is 15.1. The molecule has 0 aliphatic carbocycles. The van der Waals surface area contributed by atoms with Gasteiger partial charge in [0.15, 0.2) is 0 Å². The number of carbonyl (C=O) groups excluding carboxylic acids is 1. The number of methoxy groups -OCH3 is 2. The van der Waals surface area contributed by atoms with Crippen molar-refractivity contribution in [3.8, 4) is 28.7 Å². The molecule has 1 saturated heterocycles. The molecule has 10 heteroatoms. The molecule has 5 rings (SSSR count). The van der Waals surface area contributed by atoms with E-state index in [2.05, 4.69) is 28.0 Å². The van der Waals surface area contributed by atoms with Gasteiger partial charge in [-0.25, -0.2) is 0 Å². The van der Waals surface area contributed by atoms with Gasteiger partial charge in [-0.05, 0) is 80.1 Å². The lowest BCUT2D eigenvalue weighted by molar-refractivity contribution is -0.129. The van der Waals surface area contributed by atoms with Crippen molar-refractivity contribution in [2.24, 2.45) is 12.5 Å². The van der Waals surface area contributed by atoms with Crippen LogP contribution in [-0.2, 0) is 24.8 Å². The maximum Gasteiger partial charge on any atom is 0.264 e. The monoisotopic (exact) mass is 683 g/mol. The number of hydrogen-bond donors (Lipinski definition) is 0. The predicted molar refractivity (Wildman–Crippen MR) is 196 cm³/mol. The average molecular weight is 684 g/mol. The molecule has 1 atom stereocenters. The van der Waals surface area contributed by atoms with Crippen LogP contribution >= 0.6 is 0 Å². The Kier molecular flexibility index (Phi) is 11.1. The van der Waals surface area contributed by atoms with Crippen LogP contribution in [0.5, 0.6) is 11.5 Å². The second-order valence-corrected chi connectivity index (χ2v) is 14.3. The smallest absolute Gasteiger partial charge is 0.264 e. The summed E-state index contributed by atoms with van der Waals surface area (Å²) in [6, 6.07) is 12.4. The molecular formula is C40H50FN5O4. The molecule has 0 unspecified atom stereocenters. The fraction of sp³-hybridized carbons (Fsp3) is 0.475. The first-order valence-corrected chi connectivity index (χ1v) is 17.3. The number of rotatable bonds is 9. The van der Waals surface area contributed by atoms with Gasteiger partial charge in [-0.3, -0.25) is 18.9 Å². The first-order chi connectivity index (χ1) is 23.8. The van der Waals surface area contributed by atoms with Gasteiger partial charge in [-0.2, -0.15) is 5.26 Å². The van der Waals surface area contributed by atoms with Crippen LogP contribution in [0.15, 0.2) is 53.0 Å². The van der Waals surface area contributed by atoms with Crippen molar-refractivity contribution < 1.29 is 18.7 Å². The number of pyridine rings is 1. The van der Waals surface area contributed by atoms with E-state index in [0.717, 1.165) is 83.2 Å². The van der Waals surface area contributed by atoms with Crippen LogP contribution in [-0.4, -0.2) is 73.9 Å². The number of alkyl halides is 1. The Hall–Kier alpha value is -4.62. The molecule has 0 radical (unpaired) electrons. The van der Waals surface area contributed by atoms with E-state index in [0.29, 0.717) is 19.5 Å². The summed E-state index contributed by atoms with van der Waals surface area (Å²) >= 11 is 0. The number of amides is 1. The second-order valence-electron chi connectivity index (χ2n) is 14.3. The quantitative estimate of drug-likeness (QED) is 0.194. The van der Waals surface area contributed by atoms with Crippen LogP contribution < -0.4 is 19.9 Å². The number of carbonyl (C=O) groups is 1. The summed E-state index contributed by atoms with van der Waals surface area (Å²) in [4.78, 5) is 32.5. The van der Waals surface area contributed by atoms with E-state index >= 15 is 0 Å². The molecule has 1 aromatic heterocycles. The van der Waals surface area contributed by atoms with Crippen LogP contribution in [0.2, 0.25) is 0 Å². The zero-order valence-corrected chi connectivity index (χ0v) is 30.7. The van der Waals surface area contributed by atoms with Crippen molar-refractivity contribution in [3.05, 3.63) is 86.3 Å². The van der Waals surface area contributed by atoms with E-state index in [1.54, 1.807) is 44.6 Å². The minimum Gasteiger partial charge on any atom is -0.496 e. The molecule has 3 aromatic rings. The summed E-state index contributed by atoms with van der Waals surface area (Å²) in [7, 11) is 5.13. The lowest BCUT2D eigenvalue weighted by Crippen LogP contribution is -2.40. The number of nitrogens with zero attached hydrogens (tertiary/aromatic N) is 5. The highest BCUT2D eigenvalue weighted by molar-refractivity contribution is 5.97. The molecule has 1 fully saturated rings. The number of benzene rings is 2. The summed E-state index contributed by atoms with van der Waals surface area (Å²) in [6.07, 6.45) is 5.01. The van der Waals surface area contributed by atoms with Crippen LogP contribution in [0.4, 0.5) is 10.1 Å². The summed E-state index contributed by atoms with van der Waals surface area (Å²) in [5.41, 5.74) is 7.07. The minimum atomic E-state index is -0.881. The zero-order chi connectivity index (χ0) is 36.3. The number of aromatic nitrogens is 1. The average Bonchev–Trinajstić information content (AvgIpc) is 3.36. The van der Waals surface area contributed by atoms with Crippen molar-refractivity contribution in [2.45, 2.75) is 60.0 Å². The number of aryl methyl sites for hydroxylation is 1. The molecule has 266 valence electrons. The van der Waals surface area contributed by atoms with Gasteiger partial charge in [-0.15, -0.1) is 0 Å². The maximum atomic E-state index is 13.5. The standard InChI is InChI=1S/C40H50FN5O4/c1-26-27(2)38(47)43(6)23-34(26)30-18-36(49-7)35(37(19-30)50-8)24-44-13-9-14-45(17-16-44)32-11-10-29-12-15-46(28(3)33(29)20-32)39(48)31(22-42)21-40(4,5)25-41/h10-11,18-21,23,28H,9,12-17,24-25H2,1-8H3/b31-21+/t28-/m0/s1. The fourth-order valence-electron chi connectivity index (χ4n) is 7.17. The highest BCUT2D eigenvalue weighted by atomic mass is 19.1. The molecule has 2 aliphatic rings. The van der Waals surface area contributed by atoms with Gasteiger partial charge in [0.05, 0.1) is 32.5 Å². The van der Waals surface area contributed by atoms with E-state index < -0.39 is 12.1 Å². The Labute approximate surface area is 295 Å². The topological polar surface area (TPSA) is 91.0 Å². The van der Waals surface area contributed by atoms with Crippen molar-refractivity contribution in [1.29, 1.82) is 5.26 Å². The predicted octanol–water partition coefficient (Wildman–Crippen LogP) is 6.29. The van der Waals surface area contributed by atoms with Gasteiger partial charge in [0, 0.05) is 74.7 Å². The molecule has 0 N–H and O–H groups in total. The van der Waals surface area contributed by atoms with E-state index in [-0.39, 0.29) is 23.1 Å². The van der Waals surface area contributed by atoms with Gasteiger partial charge in [0.1, 0.15) is 23.1 Å². The Bertz CT molecular complexity index is 1870. The molecule has 2 aliphatic heterocycles. The van der Waals surface area contributed by atoms with Crippen LogP contribution in [0.1, 0.15) is 61.1 Å². The SMILES string of the molecule is COc1cc(-c2cn(C)c(=O)c(C)c2C)cc(OC)c1CN1CCCN(c2ccc3c(c2)[C@H](C)N(C(=O)/C(C#N)=C/C(C)(C)CF)CC3)CC1. The lowest BCUT2D eigenvalue weighted by atomic mass is 9.90. The number of anilines is 1. The first kappa shape index (κ1) is 36.7. The van der Waals surface area contributed by atoms with Crippen molar-refractivity contribution >= 4 is 11.6 Å². The molecule has 0 bridgehead atoms. The normalized spacial score (nSPS) is 17.2. The highest BCUT2D eigenvalue weighted by Crippen LogP contribution is 2.38. The molecule has 3 heterocycles. The van der Waals surface area contributed by atoms with E-state index in [1.807, 2.05) is 45.2 Å². The highest BCUT2D eigenvalue weighted by Gasteiger charge is 2.31. The summed E-state index contributed by atoms with van der Waals surface area (Å²) < 4.78 is 27.0.